The van der Waals surface area contributed by atoms with Gasteiger partial charge in [0.2, 0.25) is 0 Å². The largest absolute Gasteiger partial charge is 0.469 e. The minimum absolute atomic E-state index is 0.0593. The topological polar surface area (TPSA) is 108 Å². The van der Waals surface area contributed by atoms with Gasteiger partial charge in [0, 0.05) is 6.04 Å². The van der Waals surface area contributed by atoms with Crippen molar-refractivity contribution in [2.75, 3.05) is 27.4 Å². The third-order valence-electron chi connectivity index (χ3n) is 5.44. The molecule has 9 heteroatoms. The summed E-state index contributed by atoms with van der Waals surface area (Å²) in [5.74, 6) is -5.71. The quantitative estimate of drug-likeness (QED) is 0.443. The number of likely N-dealkylation sites (tertiary alicyclic amines) is 1. The summed E-state index contributed by atoms with van der Waals surface area (Å²) >= 11 is 0. The lowest BCUT2D eigenvalue weighted by Crippen LogP contribution is -2.49. The van der Waals surface area contributed by atoms with Crippen LogP contribution in [0.1, 0.15) is 32.4 Å². The molecule has 1 aliphatic rings. The molecule has 2 rings (SSSR count). The molecule has 1 fully saturated rings. The molecule has 5 atom stereocenters. The van der Waals surface area contributed by atoms with Crippen LogP contribution in [-0.2, 0) is 38.1 Å². The highest BCUT2D eigenvalue weighted by Crippen LogP contribution is 2.43. The molecule has 0 saturated carbocycles. The Kier molecular flexibility index (Phi) is 8.56. The molecule has 1 heterocycles. The average Bonchev–Trinajstić information content (AvgIpc) is 3.14. The fourth-order valence-corrected chi connectivity index (χ4v) is 4.14. The molecule has 1 aromatic carbocycles. The van der Waals surface area contributed by atoms with E-state index in [9.17, 15) is 19.2 Å². The van der Waals surface area contributed by atoms with Gasteiger partial charge in [-0.1, -0.05) is 30.3 Å². The van der Waals surface area contributed by atoms with Crippen molar-refractivity contribution in [2.24, 2.45) is 11.8 Å². The summed E-state index contributed by atoms with van der Waals surface area (Å²) in [6, 6.07) is 6.09. The molecule has 0 aromatic heterocycles. The van der Waals surface area contributed by atoms with E-state index in [2.05, 4.69) is 0 Å². The fraction of sp³-hybridized carbons (Fsp3) is 0.545. The van der Waals surface area contributed by atoms with Crippen LogP contribution in [0.2, 0.25) is 0 Å². The molecule has 31 heavy (non-hydrogen) atoms. The van der Waals surface area contributed by atoms with Crippen LogP contribution < -0.4 is 0 Å². The Morgan fingerprint density at radius 3 is 1.58 bits per heavy atom. The molecular weight excluding hydrogens is 406 g/mol. The molecular formula is C22H29NO8. The molecule has 170 valence electrons. The van der Waals surface area contributed by atoms with E-state index < -0.39 is 53.8 Å². The van der Waals surface area contributed by atoms with Crippen molar-refractivity contribution < 1.29 is 38.1 Å². The van der Waals surface area contributed by atoms with Crippen LogP contribution >= 0.6 is 0 Å². The molecule has 1 aliphatic heterocycles. The van der Waals surface area contributed by atoms with Gasteiger partial charge >= 0.3 is 23.9 Å². The number of carbonyl (C=O) groups excluding carboxylic acids is 4. The summed E-state index contributed by atoms with van der Waals surface area (Å²) in [4.78, 5) is 53.1. The molecule has 0 radical (unpaired) electrons. The first-order chi connectivity index (χ1) is 14.8. The minimum Gasteiger partial charge on any atom is -0.469 e. The summed E-state index contributed by atoms with van der Waals surface area (Å²) in [7, 11) is 2.31. The molecule has 0 bridgehead atoms. The first kappa shape index (κ1) is 24.3. The second kappa shape index (κ2) is 10.9. The Bertz CT molecular complexity index is 752. The van der Waals surface area contributed by atoms with Crippen LogP contribution in [0.5, 0.6) is 0 Å². The molecule has 0 aliphatic carbocycles. The summed E-state index contributed by atoms with van der Waals surface area (Å²) in [6.45, 7) is 5.16. The third-order valence-corrected chi connectivity index (χ3v) is 5.44. The zero-order chi connectivity index (χ0) is 23.1. The van der Waals surface area contributed by atoms with E-state index in [0.29, 0.717) is 0 Å². The van der Waals surface area contributed by atoms with Gasteiger partial charge in [-0.2, -0.15) is 0 Å². The molecule has 0 N–H and O–H groups in total. The zero-order valence-electron chi connectivity index (χ0n) is 18.4. The van der Waals surface area contributed by atoms with E-state index >= 15 is 0 Å². The lowest BCUT2D eigenvalue weighted by atomic mass is 9.86. The standard InChI is InChI=1S/C22H29NO8/c1-6-30-21(26)17-15(19(24)28-4)16(20(25)29-5)18(22(27)31-7-2)23(17)13(3)14-11-9-8-10-12-14/h8-13,15-18H,6-7H2,1-5H3/t13-,15-,16-,17+,18+/m1/s1. The van der Waals surface area contributed by atoms with Crippen LogP contribution in [0.3, 0.4) is 0 Å². The van der Waals surface area contributed by atoms with Crippen LogP contribution in [0.15, 0.2) is 30.3 Å². The highest BCUT2D eigenvalue weighted by molar-refractivity contribution is 5.95. The minimum atomic E-state index is -1.31. The maximum atomic E-state index is 13.0. The smallest absolute Gasteiger partial charge is 0.324 e. The van der Waals surface area contributed by atoms with Crippen molar-refractivity contribution in [3.05, 3.63) is 35.9 Å². The third kappa shape index (κ3) is 4.87. The van der Waals surface area contributed by atoms with Gasteiger partial charge in [0.05, 0.1) is 39.3 Å². The van der Waals surface area contributed by atoms with Crippen molar-refractivity contribution in [1.82, 2.24) is 4.90 Å². The molecule has 1 saturated heterocycles. The lowest BCUT2D eigenvalue weighted by Gasteiger charge is -2.34. The Balaban J connectivity index is 2.72. The number of rotatable bonds is 8. The normalized spacial score (nSPS) is 24.2. The second-order valence-corrected chi connectivity index (χ2v) is 7.03. The van der Waals surface area contributed by atoms with Crippen molar-refractivity contribution in [1.29, 1.82) is 0 Å². The Labute approximate surface area is 181 Å². The van der Waals surface area contributed by atoms with Crippen molar-refractivity contribution in [3.8, 4) is 0 Å². The molecule has 1 aromatic rings. The number of esters is 4. The van der Waals surface area contributed by atoms with Crippen LogP contribution in [0.25, 0.3) is 0 Å². The number of hydrogen-bond acceptors (Lipinski definition) is 9. The van der Waals surface area contributed by atoms with Crippen LogP contribution in [0.4, 0.5) is 0 Å². The summed E-state index contributed by atoms with van der Waals surface area (Å²) in [5, 5.41) is 0. The number of ether oxygens (including phenoxy) is 4. The summed E-state index contributed by atoms with van der Waals surface area (Å²) < 4.78 is 20.3. The van der Waals surface area contributed by atoms with Gasteiger partial charge < -0.3 is 18.9 Å². The Morgan fingerprint density at radius 1 is 0.806 bits per heavy atom. The first-order valence-electron chi connectivity index (χ1n) is 10.1. The molecule has 0 unspecified atom stereocenters. The predicted molar refractivity (Wildman–Crippen MR) is 109 cm³/mol. The van der Waals surface area contributed by atoms with Gasteiger partial charge in [0.15, 0.2) is 0 Å². The number of hydrogen-bond donors (Lipinski definition) is 0. The zero-order valence-corrected chi connectivity index (χ0v) is 18.4. The first-order valence-corrected chi connectivity index (χ1v) is 10.1. The van der Waals surface area contributed by atoms with E-state index in [1.165, 1.54) is 4.90 Å². The van der Waals surface area contributed by atoms with E-state index in [0.717, 1.165) is 19.8 Å². The van der Waals surface area contributed by atoms with E-state index in [1.807, 2.05) is 30.3 Å². The maximum Gasteiger partial charge on any atom is 0.324 e. The number of benzene rings is 1. The highest BCUT2D eigenvalue weighted by Gasteiger charge is 2.63. The monoisotopic (exact) mass is 435 g/mol. The van der Waals surface area contributed by atoms with Gasteiger partial charge in [-0.3, -0.25) is 24.1 Å². The van der Waals surface area contributed by atoms with Crippen molar-refractivity contribution >= 4 is 23.9 Å². The number of carbonyl (C=O) groups is 4. The van der Waals surface area contributed by atoms with Crippen LogP contribution in [-0.4, -0.2) is 68.3 Å². The Hall–Kier alpha value is -2.94. The second-order valence-electron chi connectivity index (χ2n) is 7.03. The molecule has 0 amide bonds. The Morgan fingerprint density at radius 2 is 1.23 bits per heavy atom. The van der Waals surface area contributed by atoms with Crippen LogP contribution in [0, 0.1) is 11.8 Å². The van der Waals surface area contributed by atoms with Gasteiger partial charge in [-0.05, 0) is 26.3 Å². The molecule has 0 spiro atoms. The van der Waals surface area contributed by atoms with Crippen molar-refractivity contribution in [3.63, 3.8) is 0 Å². The van der Waals surface area contributed by atoms with E-state index in [-0.39, 0.29) is 13.2 Å². The maximum absolute atomic E-state index is 13.0. The number of nitrogens with zero attached hydrogens (tertiary/aromatic N) is 1. The fourth-order valence-electron chi connectivity index (χ4n) is 4.14. The molecule has 9 nitrogen and oxygen atoms in total. The average molecular weight is 435 g/mol. The van der Waals surface area contributed by atoms with Gasteiger partial charge in [-0.15, -0.1) is 0 Å². The highest BCUT2D eigenvalue weighted by atomic mass is 16.5. The summed E-state index contributed by atoms with van der Waals surface area (Å²) in [6.07, 6.45) is 0. The van der Waals surface area contributed by atoms with Gasteiger partial charge in [0.25, 0.3) is 0 Å². The summed E-state index contributed by atoms with van der Waals surface area (Å²) in [5.41, 5.74) is 0.778. The van der Waals surface area contributed by atoms with E-state index in [4.69, 9.17) is 18.9 Å². The van der Waals surface area contributed by atoms with E-state index in [1.54, 1.807) is 20.8 Å². The predicted octanol–water partition coefficient (Wildman–Crippen LogP) is 1.51. The van der Waals surface area contributed by atoms with Gasteiger partial charge in [-0.25, -0.2) is 0 Å². The SMILES string of the molecule is CCOC(=O)[C@@H]1[C@H](C(=O)OC)[C@@H](C(=O)OC)[C@@H](C(=O)OCC)N1[C@H](C)c1ccccc1. The lowest BCUT2D eigenvalue weighted by molar-refractivity contribution is -0.162. The van der Waals surface area contributed by atoms with Crippen molar-refractivity contribution in [2.45, 2.75) is 38.9 Å². The number of methoxy groups -OCH3 is 2. The van der Waals surface area contributed by atoms with Gasteiger partial charge in [0.1, 0.15) is 12.1 Å².